The number of aryl methyl sites for hydroxylation is 1. The number of carbonyl (C=O) groups is 1. The first-order chi connectivity index (χ1) is 13.4. The summed E-state index contributed by atoms with van der Waals surface area (Å²) >= 11 is 0. The second-order valence-corrected chi connectivity index (χ2v) is 6.89. The van der Waals surface area contributed by atoms with Crippen LogP contribution in [0.15, 0.2) is 29.1 Å². The third-order valence-electron chi connectivity index (χ3n) is 5.19. The number of aliphatic hydroxyl groups is 3. The molecule has 1 aliphatic carbocycles. The Hall–Kier alpha value is -2.74. The number of hydrogen-bond donors (Lipinski definition) is 5. The number of aliphatic hydroxyl groups excluding tert-OH is 3. The lowest BCUT2D eigenvalue weighted by Crippen LogP contribution is -2.26. The molecule has 1 amide bonds. The number of fused-ring (bicyclic) bond motifs is 3. The average molecular weight is 385 g/mol. The van der Waals surface area contributed by atoms with Crippen LogP contribution >= 0.6 is 0 Å². The van der Waals surface area contributed by atoms with Gasteiger partial charge in [0.05, 0.1) is 25.9 Å². The molecule has 7 nitrogen and oxygen atoms in total. The smallest absolute Gasteiger partial charge is 0.220 e. The Morgan fingerprint density at radius 3 is 2.43 bits per heavy atom. The van der Waals surface area contributed by atoms with E-state index in [0.717, 1.165) is 5.56 Å². The number of nitrogens with one attached hydrogen (secondary N) is 1. The third-order valence-corrected chi connectivity index (χ3v) is 5.19. The molecule has 0 heterocycles. The van der Waals surface area contributed by atoms with E-state index in [9.17, 15) is 30.0 Å². The van der Waals surface area contributed by atoms with Gasteiger partial charge in [0.1, 0.15) is 0 Å². The van der Waals surface area contributed by atoms with E-state index in [2.05, 4.69) is 5.32 Å². The van der Waals surface area contributed by atoms with E-state index in [0.29, 0.717) is 46.2 Å². The average Bonchev–Trinajstić information content (AvgIpc) is 2.90. The molecule has 0 aliphatic heterocycles. The van der Waals surface area contributed by atoms with E-state index >= 15 is 0 Å². The van der Waals surface area contributed by atoms with Gasteiger partial charge in [-0.1, -0.05) is 12.1 Å². The molecular weight excluding hydrogens is 362 g/mol. The Kier molecular flexibility index (Phi) is 5.79. The first-order valence-corrected chi connectivity index (χ1v) is 9.05. The van der Waals surface area contributed by atoms with E-state index in [1.165, 1.54) is 19.1 Å². The predicted molar refractivity (Wildman–Crippen MR) is 102 cm³/mol. The molecule has 5 N–H and O–H groups in total. The lowest BCUT2D eigenvalue weighted by atomic mass is 9.87. The summed E-state index contributed by atoms with van der Waals surface area (Å²) in [4.78, 5) is 24.0. The molecule has 148 valence electrons. The topological polar surface area (TPSA) is 127 Å². The zero-order valence-electron chi connectivity index (χ0n) is 15.5. The third kappa shape index (κ3) is 3.52. The fourth-order valence-corrected chi connectivity index (χ4v) is 3.95. The van der Waals surface area contributed by atoms with Gasteiger partial charge in [0, 0.05) is 6.92 Å². The molecule has 2 aromatic carbocycles. The van der Waals surface area contributed by atoms with Gasteiger partial charge in [-0.05, 0) is 63.9 Å². The Bertz CT molecular complexity index is 985. The van der Waals surface area contributed by atoms with E-state index in [1.54, 1.807) is 12.1 Å². The fraction of sp³-hybridized carbons (Fsp3) is 0.333. The molecule has 0 aromatic heterocycles. The lowest BCUT2D eigenvalue weighted by molar-refractivity contribution is -0.119. The highest BCUT2D eigenvalue weighted by Gasteiger charge is 2.27. The number of benzene rings is 1. The molecule has 0 spiro atoms. The van der Waals surface area contributed by atoms with Gasteiger partial charge >= 0.3 is 0 Å². The SMILES string of the molecule is CC(=O)N[C@H]1CCc2cc(CO)c(CO)c(CO)c2-c2ccc(O)c(=O)cc21. The highest BCUT2D eigenvalue weighted by Crippen LogP contribution is 2.41. The first kappa shape index (κ1) is 20.0. The highest BCUT2D eigenvalue weighted by atomic mass is 16.3. The van der Waals surface area contributed by atoms with Crippen molar-refractivity contribution in [1.29, 1.82) is 0 Å². The van der Waals surface area contributed by atoms with E-state index in [1.807, 2.05) is 0 Å². The quantitative estimate of drug-likeness (QED) is 0.535. The molecule has 28 heavy (non-hydrogen) atoms. The zero-order chi connectivity index (χ0) is 20.4. The van der Waals surface area contributed by atoms with Gasteiger partial charge in [-0.25, -0.2) is 0 Å². The van der Waals surface area contributed by atoms with Gasteiger partial charge < -0.3 is 25.7 Å². The minimum atomic E-state index is -0.569. The van der Waals surface area contributed by atoms with Crippen molar-refractivity contribution in [3.63, 3.8) is 0 Å². The highest BCUT2D eigenvalue weighted by molar-refractivity contribution is 5.79. The molecule has 0 saturated heterocycles. The van der Waals surface area contributed by atoms with Crippen molar-refractivity contribution >= 4 is 5.91 Å². The van der Waals surface area contributed by atoms with Crippen LogP contribution in [0.1, 0.15) is 47.2 Å². The molecule has 0 unspecified atom stereocenters. The summed E-state index contributed by atoms with van der Waals surface area (Å²) in [6.07, 6.45) is 1.03. The summed E-state index contributed by atoms with van der Waals surface area (Å²) < 4.78 is 0. The molecule has 1 aliphatic rings. The number of amides is 1. The fourth-order valence-electron chi connectivity index (χ4n) is 3.95. The van der Waals surface area contributed by atoms with Crippen molar-refractivity contribution in [1.82, 2.24) is 5.32 Å². The van der Waals surface area contributed by atoms with Crippen LogP contribution in [0.5, 0.6) is 5.75 Å². The predicted octanol–water partition coefficient (Wildman–Crippen LogP) is 1.02. The normalized spacial score (nSPS) is 15.4. The summed E-state index contributed by atoms with van der Waals surface area (Å²) in [5.41, 5.74) is 3.47. The van der Waals surface area contributed by atoms with Crippen LogP contribution in [0.2, 0.25) is 0 Å². The van der Waals surface area contributed by atoms with Crippen molar-refractivity contribution in [3.8, 4) is 16.9 Å². The number of hydrogen-bond acceptors (Lipinski definition) is 6. The Labute approximate surface area is 161 Å². The van der Waals surface area contributed by atoms with Crippen LogP contribution < -0.4 is 10.7 Å². The second-order valence-electron chi connectivity index (χ2n) is 6.89. The Balaban J connectivity index is 2.41. The van der Waals surface area contributed by atoms with Gasteiger partial charge in [-0.15, -0.1) is 0 Å². The van der Waals surface area contributed by atoms with E-state index in [-0.39, 0.29) is 25.7 Å². The van der Waals surface area contributed by atoms with Gasteiger partial charge in [-0.2, -0.15) is 0 Å². The van der Waals surface area contributed by atoms with Gasteiger partial charge in [0.2, 0.25) is 11.3 Å². The van der Waals surface area contributed by atoms with Crippen LogP contribution in [-0.2, 0) is 31.0 Å². The standard InChI is InChI=1S/C21H23NO6/c1-11(26)22-18-4-2-12-6-13(8-23)16(9-24)17(10-25)21(12)14-3-5-19(27)20(28)7-15(14)18/h3,5-7,18,23-25H,2,4,8-10H2,1H3,(H,22,26)(H,27,28)/t18-/m0/s1. The second kappa shape index (κ2) is 8.10. The first-order valence-electron chi connectivity index (χ1n) is 9.05. The van der Waals surface area contributed by atoms with E-state index in [4.69, 9.17) is 0 Å². The molecule has 0 radical (unpaired) electrons. The van der Waals surface area contributed by atoms with Gasteiger partial charge in [-0.3, -0.25) is 9.59 Å². The molecule has 1 atom stereocenters. The van der Waals surface area contributed by atoms with Gasteiger partial charge in [0.25, 0.3) is 0 Å². The van der Waals surface area contributed by atoms with Crippen molar-refractivity contribution in [2.24, 2.45) is 0 Å². The zero-order valence-corrected chi connectivity index (χ0v) is 15.5. The molecule has 0 saturated carbocycles. The van der Waals surface area contributed by atoms with Crippen LogP contribution in [0.3, 0.4) is 0 Å². The Morgan fingerprint density at radius 2 is 1.82 bits per heavy atom. The van der Waals surface area contributed by atoms with Crippen LogP contribution in [0.4, 0.5) is 0 Å². The Morgan fingerprint density at radius 1 is 1.11 bits per heavy atom. The van der Waals surface area contributed by atoms with Gasteiger partial charge in [0.15, 0.2) is 5.75 Å². The maximum Gasteiger partial charge on any atom is 0.220 e. The van der Waals surface area contributed by atoms with Crippen molar-refractivity contribution < 1.29 is 25.2 Å². The van der Waals surface area contributed by atoms with Crippen molar-refractivity contribution in [2.75, 3.05) is 0 Å². The summed E-state index contributed by atoms with van der Waals surface area (Å²) in [5, 5.41) is 42.3. The number of rotatable bonds is 4. The lowest BCUT2D eigenvalue weighted by Gasteiger charge is -2.20. The largest absolute Gasteiger partial charge is 0.504 e. The molecule has 7 heteroatoms. The molecule has 0 bridgehead atoms. The number of carbonyl (C=O) groups excluding carboxylic acids is 1. The van der Waals surface area contributed by atoms with Crippen LogP contribution in [0, 0.1) is 0 Å². The minimum absolute atomic E-state index is 0.250. The van der Waals surface area contributed by atoms with Crippen molar-refractivity contribution in [3.05, 3.63) is 62.3 Å². The summed E-state index contributed by atoms with van der Waals surface area (Å²) in [6.45, 7) is 0.376. The van der Waals surface area contributed by atoms with Crippen LogP contribution in [0.25, 0.3) is 11.1 Å². The summed E-state index contributed by atoms with van der Waals surface area (Å²) in [6, 6.07) is 5.51. The van der Waals surface area contributed by atoms with E-state index < -0.39 is 17.2 Å². The van der Waals surface area contributed by atoms with Crippen LogP contribution in [-0.4, -0.2) is 26.3 Å². The monoisotopic (exact) mass is 385 g/mol. The summed E-state index contributed by atoms with van der Waals surface area (Å²) in [5.74, 6) is -0.671. The molecular formula is C21H23NO6. The summed E-state index contributed by atoms with van der Waals surface area (Å²) in [7, 11) is 0. The molecule has 0 fully saturated rings. The maximum atomic E-state index is 12.2. The molecule has 2 aromatic rings. The molecule has 3 rings (SSSR count). The number of aromatic hydroxyl groups is 1. The minimum Gasteiger partial charge on any atom is -0.504 e. The van der Waals surface area contributed by atoms with Crippen molar-refractivity contribution in [2.45, 2.75) is 45.6 Å². The maximum absolute atomic E-state index is 12.2.